The number of alkyl halides is 1. The summed E-state index contributed by atoms with van der Waals surface area (Å²) in [6, 6.07) is 5.19. The summed E-state index contributed by atoms with van der Waals surface area (Å²) >= 11 is 6.06. The minimum atomic E-state index is 0.0419. The maximum Gasteiger partial charge on any atom is 0.250 e. The van der Waals surface area contributed by atoms with Gasteiger partial charge in [0.05, 0.1) is 0 Å². The number of nitrogens with one attached hydrogen (secondary N) is 1. The van der Waals surface area contributed by atoms with E-state index in [1.54, 1.807) is 22.9 Å². The average Bonchev–Trinajstić information content (AvgIpc) is 2.27. The predicted octanol–water partition coefficient (Wildman–Crippen LogP) is 1.85. The van der Waals surface area contributed by atoms with E-state index >= 15 is 0 Å². The first-order chi connectivity index (χ1) is 7.74. The van der Waals surface area contributed by atoms with Crippen LogP contribution in [0.3, 0.4) is 0 Å². The van der Waals surface area contributed by atoms with Crippen LogP contribution in [0.5, 0.6) is 0 Å². The van der Waals surface area contributed by atoms with Crippen LogP contribution in [0.15, 0.2) is 29.2 Å². The molecule has 0 spiro atoms. The Hall–Kier alpha value is -0.800. The van der Waals surface area contributed by atoms with Crippen molar-refractivity contribution >= 4 is 11.6 Å². The number of pyridine rings is 1. The smallest absolute Gasteiger partial charge is 0.250 e. The van der Waals surface area contributed by atoms with Gasteiger partial charge in [0.15, 0.2) is 0 Å². The number of hydrogen-bond donors (Lipinski definition) is 1. The SMILES string of the molecule is CCCC(Cl)CNCCn1ccccc1=O. The zero-order chi connectivity index (χ0) is 11.8. The molecule has 0 aliphatic carbocycles. The van der Waals surface area contributed by atoms with Gasteiger partial charge in [0.1, 0.15) is 0 Å². The molecule has 0 fully saturated rings. The third-order valence-electron chi connectivity index (χ3n) is 2.40. The molecule has 3 nitrogen and oxygen atoms in total. The van der Waals surface area contributed by atoms with Crippen LogP contribution in [0.4, 0.5) is 0 Å². The zero-order valence-electron chi connectivity index (χ0n) is 9.66. The monoisotopic (exact) mass is 242 g/mol. The fraction of sp³-hybridized carbons (Fsp3) is 0.583. The van der Waals surface area contributed by atoms with E-state index in [1.165, 1.54) is 0 Å². The van der Waals surface area contributed by atoms with Crippen molar-refractivity contribution in [1.29, 1.82) is 0 Å². The van der Waals surface area contributed by atoms with Crippen LogP contribution in [0, 0.1) is 0 Å². The Labute approximate surface area is 101 Å². The largest absolute Gasteiger partial charge is 0.314 e. The molecular formula is C12H19ClN2O. The Morgan fingerprint density at radius 1 is 1.50 bits per heavy atom. The summed E-state index contributed by atoms with van der Waals surface area (Å²) in [5.74, 6) is 0. The summed E-state index contributed by atoms with van der Waals surface area (Å²) in [7, 11) is 0. The van der Waals surface area contributed by atoms with E-state index in [1.807, 2.05) is 6.07 Å². The van der Waals surface area contributed by atoms with Gasteiger partial charge in [-0.1, -0.05) is 19.4 Å². The van der Waals surface area contributed by atoms with Gasteiger partial charge in [-0.3, -0.25) is 4.79 Å². The van der Waals surface area contributed by atoms with Crippen LogP contribution in [0.1, 0.15) is 19.8 Å². The maximum absolute atomic E-state index is 11.4. The van der Waals surface area contributed by atoms with E-state index in [0.717, 1.165) is 25.9 Å². The van der Waals surface area contributed by atoms with Crippen molar-refractivity contribution < 1.29 is 0 Å². The number of aromatic nitrogens is 1. The summed E-state index contributed by atoms with van der Waals surface area (Å²) in [5.41, 5.74) is 0.0419. The molecule has 1 aromatic rings. The van der Waals surface area contributed by atoms with Crippen molar-refractivity contribution in [2.24, 2.45) is 0 Å². The second-order valence-electron chi connectivity index (χ2n) is 3.82. The van der Waals surface area contributed by atoms with Gasteiger partial charge in [-0.2, -0.15) is 0 Å². The molecule has 1 rings (SSSR count). The predicted molar refractivity (Wildman–Crippen MR) is 68.1 cm³/mol. The molecule has 1 aromatic heterocycles. The molecule has 0 amide bonds. The Kier molecular flexibility index (Phi) is 6.19. The van der Waals surface area contributed by atoms with Gasteiger partial charge in [-0.25, -0.2) is 0 Å². The summed E-state index contributed by atoms with van der Waals surface area (Å²) in [6.45, 7) is 4.39. The Bertz CT molecular complexity index is 351. The molecule has 4 heteroatoms. The molecule has 0 aliphatic heterocycles. The van der Waals surface area contributed by atoms with E-state index < -0.39 is 0 Å². The molecule has 1 N–H and O–H groups in total. The molecule has 0 saturated heterocycles. The molecule has 1 atom stereocenters. The quantitative estimate of drug-likeness (QED) is 0.585. The molecule has 90 valence electrons. The van der Waals surface area contributed by atoms with Gasteiger partial charge in [0.2, 0.25) is 0 Å². The van der Waals surface area contributed by atoms with Crippen LogP contribution in [0.2, 0.25) is 0 Å². The van der Waals surface area contributed by atoms with Crippen LogP contribution in [-0.2, 0) is 6.54 Å². The minimum absolute atomic E-state index is 0.0419. The second kappa shape index (κ2) is 7.47. The van der Waals surface area contributed by atoms with Crippen molar-refractivity contribution in [3.05, 3.63) is 34.7 Å². The molecular weight excluding hydrogens is 224 g/mol. The van der Waals surface area contributed by atoms with Crippen LogP contribution < -0.4 is 10.9 Å². The third-order valence-corrected chi connectivity index (χ3v) is 2.77. The van der Waals surface area contributed by atoms with Crippen LogP contribution in [-0.4, -0.2) is 23.0 Å². The van der Waals surface area contributed by atoms with Crippen LogP contribution in [0.25, 0.3) is 0 Å². The lowest BCUT2D eigenvalue weighted by atomic mass is 10.2. The molecule has 0 radical (unpaired) electrons. The molecule has 0 aromatic carbocycles. The van der Waals surface area contributed by atoms with Gasteiger partial charge >= 0.3 is 0 Å². The summed E-state index contributed by atoms with van der Waals surface area (Å²) in [5, 5.41) is 3.45. The van der Waals surface area contributed by atoms with Crippen LogP contribution >= 0.6 is 11.6 Å². The van der Waals surface area contributed by atoms with Crippen molar-refractivity contribution in [2.45, 2.75) is 31.7 Å². The fourth-order valence-corrected chi connectivity index (χ4v) is 1.85. The van der Waals surface area contributed by atoms with Crippen molar-refractivity contribution in [1.82, 2.24) is 9.88 Å². The van der Waals surface area contributed by atoms with E-state index in [0.29, 0.717) is 6.54 Å². The van der Waals surface area contributed by atoms with E-state index in [2.05, 4.69) is 12.2 Å². The Morgan fingerprint density at radius 3 is 3.00 bits per heavy atom. The van der Waals surface area contributed by atoms with E-state index in [-0.39, 0.29) is 10.9 Å². The summed E-state index contributed by atoms with van der Waals surface area (Å²) in [6.07, 6.45) is 3.93. The van der Waals surface area contributed by atoms with Gasteiger partial charge in [0, 0.05) is 37.3 Å². The van der Waals surface area contributed by atoms with E-state index in [9.17, 15) is 4.79 Å². The van der Waals surface area contributed by atoms with Gasteiger partial charge in [0.25, 0.3) is 5.56 Å². The summed E-state index contributed by atoms with van der Waals surface area (Å²) in [4.78, 5) is 11.4. The van der Waals surface area contributed by atoms with Gasteiger partial charge < -0.3 is 9.88 Å². The Balaban J connectivity index is 2.21. The van der Waals surface area contributed by atoms with Gasteiger partial charge in [-0.15, -0.1) is 11.6 Å². The highest BCUT2D eigenvalue weighted by Crippen LogP contribution is 2.02. The maximum atomic E-state index is 11.4. The van der Waals surface area contributed by atoms with Crippen molar-refractivity contribution in [3.63, 3.8) is 0 Å². The lowest BCUT2D eigenvalue weighted by Crippen LogP contribution is -2.29. The number of hydrogen-bond acceptors (Lipinski definition) is 2. The topological polar surface area (TPSA) is 34.0 Å². The van der Waals surface area contributed by atoms with Crippen molar-refractivity contribution in [3.8, 4) is 0 Å². The lowest BCUT2D eigenvalue weighted by Gasteiger charge is -2.10. The molecule has 0 saturated carbocycles. The highest BCUT2D eigenvalue weighted by Gasteiger charge is 2.01. The summed E-state index contributed by atoms with van der Waals surface area (Å²) < 4.78 is 1.69. The fourth-order valence-electron chi connectivity index (χ4n) is 1.52. The molecule has 16 heavy (non-hydrogen) atoms. The number of rotatable bonds is 7. The Morgan fingerprint density at radius 2 is 2.31 bits per heavy atom. The zero-order valence-corrected chi connectivity index (χ0v) is 10.4. The van der Waals surface area contributed by atoms with Crippen molar-refractivity contribution in [2.75, 3.05) is 13.1 Å². The highest BCUT2D eigenvalue weighted by molar-refractivity contribution is 6.20. The lowest BCUT2D eigenvalue weighted by molar-refractivity contribution is 0.565. The first kappa shape index (κ1) is 13.3. The highest BCUT2D eigenvalue weighted by atomic mass is 35.5. The standard InChI is InChI=1S/C12H19ClN2O/c1-2-5-11(13)10-14-7-9-15-8-4-3-6-12(15)16/h3-4,6,8,11,14H,2,5,7,9-10H2,1H3. The first-order valence-corrected chi connectivity index (χ1v) is 6.18. The first-order valence-electron chi connectivity index (χ1n) is 5.74. The third kappa shape index (κ3) is 4.81. The second-order valence-corrected chi connectivity index (χ2v) is 4.44. The number of halogens is 1. The molecule has 1 heterocycles. The minimum Gasteiger partial charge on any atom is -0.314 e. The van der Waals surface area contributed by atoms with E-state index in [4.69, 9.17) is 11.6 Å². The number of nitrogens with zero attached hydrogens (tertiary/aromatic N) is 1. The van der Waals surface area contributed by atoms with Gasteiger partial charge in [-0.05, 0) is 12.5 Å². The molecule has 0 aliphatic rings. The molecule has 0 bridgehead atoms. The molecule has 1 unspecified atom stereocenters. The average molecular weight is 243 g/mol. The normalized spacial score (nSPS) is 12.6.